The van der Waals surface area contributed by atoms with Gasteiger partial charge in [-0.05, 0) is 19.4 Å². The van der Waals surface area contributed by atoms with Crippen molar-refractivity contribution in [3.05, 3.63) is 29.8 Å². The van der Waals surface area contributed by atoms with Gasteiger partial charge in [0.25, 0.3) is 0 Å². The van der Waals surface area contributed by atoms with E-state index in [0.29, 0.717) is 0 Å². The first-order valence-corrected chi connectivity index (χ1v) is 4.38. The van der Waals surface area contributed by atoms with E-state index in [0.717, 1.165) is 28.8 Å². The predicted molar refractivity (Wildman–Crippen MR) is 51.4 cm³/mol. The number of nitrogens with zero attached hydrogens (tertiary/aromatic N) is 3. The maximum Gasteiger partial charge on any atom is 0.110 e. The zero-order valence-electron chi connectivity index (χ0n) is 7.78. The highest BCUT2D eigenvalue weighted by atomic mass is 14.8. The first-order chi connectivity index (χ1) is 6.31. The van der Waals surface area contributed by atoms with E-state index in [4.69, 9.17) is 0 Å². The van der Waals surface area contributed by atoms with Gasteiger partial charge in [-0.1, -0.05) is 6.92 Å². The standard InChI is InChI=1S/C10H11N3/c1-3-8-6-9-10(7(2)13-8)12-5-4-11-9/h4-6H,3H2,1-2H3. The fourth-order valence-corrected chi connectivity index (χ4v) is 1.37. The summed E-state index contributed by atoms with van der Waals surface area (Å²) >= 11 is 0. The summed E-state index contributed by atoms with van der Waals surface area (Å²) in [6.45, 7) is 4.06. The van der Waals surface area contributed by atoms with Gasteiger partial charge in [0, 0.05) is 18.1 Å². The van der Waals surface area contributed by atoms with Gasteiger partial charge in [0.05, 0.1) is 11.2 Å². The number of aromatic nitrogens is 3. The fourth-order valence-electron chi connectivity index (χ4n) is 1.37. The smallest absolute Gasteiger partial charge is 0.110 e. The molecule has 0 bridgehead atoms. The average Bonchev–Trinajstić information content (AvgIpc) is 2.18. The third kappa shape index (κ3) is 1.37. The number of aryl methyl sites for hydroxylation is 2. The predicted octanol–water partition coefficient (Wildman–Crippen LogP) is 1.90. The van der Waals surface area contributed by atoms with Gasteiger partial charge >= 0.3 is 0 Å². The van der Waals surface area contributed by atoms with Crippen molar-refractivity contribution in [3.63, 3.8) is 0 Å². The molecule has 0 unspecified atom stereocenters. The lowest BCUT2D eigenvalue weighted by molar-refractivity contribution is 1.01. The molecule has 0 spiro atoms. The minimum Gasteiger partial charge on any atom is -0.256 e. The molecular weight excluding hydrogens is 162 g/mol. The summed E-state index contributed by atoms with van der Waals surface area (Å²) in [6, 6.07) is 2.00. The van der Waals surface area contributed by atoms with Crippen molar-refractivity contribution in [3.8, 4) is 0 Å². The third-order valence-electron chi connectivity index (χ3n) is 2.05. The van der Waals surface area contributed by atoms with Crippen molar-refractivity contribution in [1.29, 1.82) is 0 Å². The summed E-state index contributed by atoms with van der Waals surface area (Å²) < 4.78 is 0. The molecule has 13 heavy (non-hydrogen) atoms. The number of fused-ring (bicyclic) bond motifs is 1. The quantitative estimate of drug-likeness (QED) is 0.661. The Hall–Kier alpha value is -1.51. The SMILES string of the molecule is CCc1cc2nccnc2c(C)n1. The molecule has 0 aliphatic carbocycles. The van der Waals surface area contributed by atoms with Gasteiger partial charge in [0.15, 0.2) is 0 Å². The Kier molecular flexibility index (Phi) is 1.93. The first kappa shape index (κ1) is 8.10. The van der Waals surface area contributed by atoms with Gasteiger partial charge in [-0.2, -0.15) is 0 Å². The number of hydrogen-bond acceptors (Lipinski definition) is 3. The molecular formula is C10H11N3. The summed E-state index contributed by atoms with van der Waals surface area (Å²) in [7, 11) is 0. The molecule has 2 aromatic heterocycles. The summed E-state index contributed by atoms with van der Waals surface area (Å²) in [6.07, 6.45) is 4.34. The molecule has 0 fully saturated rings. The Morgan fingerprint density at radius 2 is 2.00 bits per heavy atom. The molecule has 0 saturated heterocycles. The maximum atomic E-state index is 4.42. The zero-order chi connectivity index (χ0) is 9.26. The van der Waals surface area contributed by atoms with Crippen LogP contribution in [0.2, 0.25) is 0 Å². The van der Waals surface area contributed by atoms with Crippen LogP contribution in [0.5, 0.6) is 0 Å². The third-order valence-corrected chi connectivity index (χ3v) is 2.05. The Morgan fingerprint density at radius 1 is 1.23 bits per heavy atom. The molecule has 0 aromatic carbocycles. The molecule has 0 aliphatic heterocycles. The summed E-state index contributed by atoms with van der Waals surface area (Å²) in [5, 5.41) is 0. The van der Waals surface area contributed by atoms with Gasteiger partial charge in [-0.3, -0.25) is 15.0 Å². The van der Waals surface area contributed by atoms with E-state index in [-0.39, 0.29) is 0 Å². The summed E-state index contributed by atoms with van der Waals surface area (Å²) in [4.78, 5) is 12.9. The molecule has 2 rings (SSSR count). The van der Waals surface area contributed by atoms with Crippen LogP contribution in [0, 0.1) is 6.92 Å². The average molecular weight is 173 g/mol. The van der Waals surface area contributed by atoms with E-state index in [1.165, 1.54) is 0 Å². The second-order valence-corrected chi connectivity index (χ2v) is 2.98. The summed E-state index contributed by atoms with van der Waals surface area (Å²) in [5.41, 5.74) is 3.87. The van der Waals surface area contributed by atoms with Crippen molar-refractivity contribution in [1.82, 2.24) is 15.0 Å². The zero-order valence-corrected chi connectivity index (χ0v) is 7.78. The molecule has 0 aliphatic rings. The second kappa shape index (κ2) is 3.09. The Bertz CT molecular complexity index is 437. The highest BCUT2D eigenvalue weighted by molar-refractivity contribution is 5.76. The van der Waals surface area contributed by atoms with E-state index in [9.17, 15) is 0 Å². The molecule has 2 aromatic rings. The van der Waals surface area contributed by atoms with E-state index < -0.39 is 0 Å². The monoisotopic (exact) mass is 173 g/mol. The number of rotatable bonds is 1. The van der Waals surface area contributed by atoms with Crippen LogP contribution in [0.4, 0.5) is 0 Å². The molecule has 2 heterocycles. The van der Waals surface area contributed by atoms with Gasteiger partial charge in [-0.25, -0.2) is 0 Å². The maximum absolute atomic E-state index is 4.42. The van der Waals surface area contributed by atoms with E-state index in [1.54, 1.807) is 12.4 Å². The van der Waals surface area contributed by atoms with E-state index in [2.05, 4.69) is 21.9 Å². The first-order valence-electron chi connectivity index (χ1n) is 4.38. The second-order valence-electron chi connectivity index (χ2n) is 2.98. The lowest BCUT2D eigenvalue weighted by Crippen LogP contribution is -1.94. The van der Waals surface area contributed by atoms with Crippen molar-refractivity contribution >= 4 is 11.0 Å². The van der Waals surface area contributed by atoms with Crippen LogP contribution in [0.1, 0.15) is 18.3 Å². The van der Waals surface area contributed by atoms with Crippen LogP contribution in [0.3, 0.4) is 0 Å². The molecule has 0 radical (unpaired) electrons. The lowest BCUT2D eigenvalue weighted by atomic mass is 10.2. The number of hydrogen-bond donors (Lipinski definition) is 0. The van der Waals surface area contributed by atoms with Crippen LogP contribution < -0.4 is 0 Å². The summed E-state index contributed by atoms with van der Waals surface area (Å²) in [5.74, 6) is 0. The minimum absolute atomic E-state index is 0.903. The van der Waals surface area contributed by atoms with Crippen LogP contribution in [-0.4, -0.2) is 15.0 Å². The Morgan fingerprint density at radius 3 is 2.77 bits per heavy atom. The van der Waals surface area contributed by atoms with Crippen LogP contribution in [0.25, 0.3) is 11.0 Å². The molecule has 0 amide bonds. The van der Waals surface area contributed by atoms with Crippen LogP contribution >= 0.6 is 0 Å². The normalized spacial score (nSPS) is 10.6. The van der Waals surface area contributed by atoms with Gasteiger partial charge in [0.2, 0.25) is 0 Å². The highest BCUT2D eigenvalue weighted by Gasteiger charge is 2.02. The van der Waals surface area contributed by atoms with Crippen molar-refractivity contribution in [2.45, 2.75) is 20.3 Å². The molecule has 66 valence electrons. The fraction of sp³-hybridized carbons (Fsp3) is 0.300. The van der Waals surface area contributed by atoms with Gasteiger partial charge in [0.1, 0.15) is 5.52 Å². The van der Waals surface area contributed by atoms with E-state index >= 15 is 0 Å². The minimum atomic E-state index is 0.903. The van der Waals surface area contributed by atoms with Crippen molar-refractivity contribution in [2.75, 3.05) is 0 Å². The van der Waals surface area contributed by atoms with Crippen LogP contribution in [-0.2, 0) is 6.42 Å². The molecule has 0 atom stereocenters. The van der Waals surface area contributed by atoms with E-state index in [1.807, 2.05) is 13.0 Å². The Labute approximate surface area is 76.9 Å². The topological polar surface area (TPSA) is 38.7 Å². The van der Waals surface area contributed by atoms with Gasteiger partial charge < -0.3 is 0 Å². The number of pyridine rings is 1. The molecule has 3 heteroatoms. The largest absolute Gasteiger partial charge is 0.256 e. The molecule has 0 N–H and O–H groups in total. The van der Waals surface area contributed by atoms with Crippen molar-refractivity contribution < 1.29 is 0 Å². The lowest BCUT2D eigenvalue weighted by Gasteiger charge is -2.01. The van der Waals surface area contributed by atoms with Gasteiger partial charge in [-0.15, -0.1) is 0 Å². The highest BCUT2D eigenvalue weighted by Crippen LogP contribution is 2.12. The van der Waals surface area contributed by atoms with Crippen LogP contribution in [0.15, 0.2) is 18.5 Å². The Balaban J connectivity index is 2.77. The molecule has 0 saturated carbocycles. The van der Waals surface area contributed by atoms with Crippen molar-refractivity contribution in [2.24, 2.45) is 0 Å². The molecule has 3 nitrogen and oxygen atoms in total.